The number of rotatable bonds is 9. The van der Waals surface area contributed by atoms with Gasteiger partial charge in [-0.05, 0) is 47.8 Å². The molecular weight excluding hydrogens is 536 g/mol. The molecule has 0 aliphatic carbocycles. The van der Waals surface area contributed by atoms with Crippen LogP contribution < -0.4 is 15.4 Å². The maximum absolute atomic E-state index is 14.0. The SMILES string of the molecule is COc1ccccc1CNC(=O)[C@H](CCSC)NC(=O)[C@@H]1Cc2c([nH]c3ccccc23)[C@@H]2c3ccccc3C(=O)N21. The van der Waals surface area contributed by atoms with Gasteiger partial charge in [0.2, 0.25) is 11.8 Å². The number of amides is 3. The molecule has 210 valence electrons. The number of ether oxygens (including phenoxy) is 1. The van der Waals surface area contributed by atoms with Crippen LogP contribution in [0.5, 0.6) is 5.75 Å². The predicted molar refractivity (Wildman–Crippen MR) is 160 cm³/mol. The zero-order chi connectivity index (χ0) is 28.5. The van der Waals surface area contributed by atoms with Crippen molar-refractivity contribution >= 4 is 40.4 Å². The number of aromatic amines is 1. The molecule has 3 atom stereocenters. The lowest BCUT2D eigenvalue weighted by Gasteiger charge is -2.37. The van der Waals surface area contributed by atoms with Gasteiger partial charge in [0, 0.05) is 40.7 Å². The summed E-state index contributed by atoms with van der Waals surface area (Å²) in [5.74, 6) is 0.616. The van der Waals surface area contributed by atoms with Crippen molar-refractivity contribution in [1.82, 2.24) is 20.5 Å². The second-order valence-corrected chi connectivity index (χ2v) is 11.3. The first-order valence-electron chi connectivity index (χ1n) is 13.7. The maximum Gasteiger partial charge on any atom is 0.255 e. The van der Waals surface area contributed by atoms with Crippen LogP contribution in [0, 0.1) is 0 Å². The van der Waals surface area contributed by atoms with Crippen molar-refractivity contribution in [2.24, 2.45) is 0 Å². The molecule has 3 aromatic carbocycles. The Hall–Kier alpha value is -4.24. The van der Waals surface area contributed by atoms with Gasteiger partial charge in [-0.25, -0.2) is 0 Å². The molecule has 6 rings (SSSR count). The van der Waals surface area contributed by atoms with Crippen molar-refractivity contribution < 1.29 is 19.1 Å². The number of para-hydroxylation sites is 2. The van der Waals surface area contributed by atoms with Gasteiger partial charge in [-0.1, -0.05) is 54.6 Å². The smallest absolute Gasteiger partial charge is 0.255 e. The average Bonchev–Trinajstić information content (AvgIpc) is 3.53. The van der Waals surface area contributed by atoms with Crippen LogP contribution in [0.1, 0.15) is 45.2 Å². The van der Waals surface area contributed by atoms with E-state index in [0.29, 0.717) is 29.9 Å². The second kappa shape index (κ2) is 11.3. The topological polar surface area (TPSA) is 104 Å². The van der Waals surface area contributed by atoms with E-state index in [1.54, 1.807) is 23.8 Å². The Morgan fingerprint density at radius 2 is 1.83 bits per heavy atom. The number of aromatic nitrogens is 1. The van der Waals surface area contributed by atoms with Crippen molar-refractivity contribution in [3.05, 3.63) is 101 Å². The molecule has 4 aromatic rings. The van der Waals surface area contributed by atoms with Crippen LogP contribution in [-0.2, 0) is 22.6 Å². The third kappa shape index (κ3) is 4.84. The molecule has 8 nitrogen and oxygen atoms in total. The number of benzene rings is 3. The molecule has 0 radical (unpaired) electrons. The minimum absolute atomic E-state index is 0.170. The summed E-state index contributed by atoms with van der Waals surface area (Å²) in [6.45, 7) is 0.276. The van der Waals surface area contributed by atoms with E-state index in [9.17, 15) is 14.4 Å². The Kier molecular flexibility index (Phi) is 7.45. The second-order valence-electron chi connectivity index (χ2n) is 10.4. The van der Waals surface area contributed by atoms with Gasteiger partial charge >= 0.3 is 0 Å². The van der Waals surface area contributed by atoms with E-state index in [-0.39, 0.29) is 24.3 Å². The number of methoxy groups -OCH3 is 1. The number of hydrogen-bond acceptors (Lipinski definition) is 5. The maximum atomic E-state index is 14.0. The van der Waals surface area contributed by atoms with Crippen LogP contribution in [-0.4, -0.2) is 58.8 Å². The molecule has 41 heavy (non-hydrogen) atoms. The van der Waals surface area contributed by atoms with Crippen molar-refractivity contribution in [2.45, 2.75) is 37.5 Å². The Morgan fingerprint density at radius 3 is 2.66 bits per heavy atom. The van der Waals surface area contributed by atoms with Crippen LogP contribution in [0.15, 0.2) is 72.8 Å². The van der Waals surface area contributed by atoms with Crippen LogP contribution in [0.25, 0.3) is 10.9 Å². The van der Waals surface area contributed by atoms with Crippen molar-refractivity contribution in [3.63, 3.8) is 0 Å². The van der Waals surface area contributed by atoms with E-state index in [1.165, 1.54) is 0 Å². The quantitative estimate of drug-likeness (QED) is 0.281. The van der Waals surface area contributed by atoms with Crippen molar-refractivity contribution in [3.8, 4) is 5.75 Å². The van der Waals surface area contributed by atoms with E-state index >= 15 is 0 Å². The lowest BCUT2D eigenvalue weighted by Crippen LogP contribution is -2.56. The molecule has 2 aliphatic rings. The number of hydrogen-bond donors (Lipinski definition) is 3. The average molecular weight is 569 g/mol. The van der Waals surface area contributed by atoms with Crippen LogP contribution in [0.2, 0.25) is 0 Å². The highest BCUT2D eigenvalue weighted by Crippen LogP contribution is 2.46. The number of thioether (sulfide) groups is 1. The number of carbonyl (C=O) groups is 3. The first-order valence-corrected chi connectivity index (χ1v) is 15.1. The zero-order valence-corrected chi connectivity index (χ0v) is 23.8. The molecule has 0 spiro atoms. The Bertz CT molecular complexity index is 1630. The molecule has 0 fully saturated rings. The van der Waals surface area contributed by atoms with E-state index in [2.05, 4.69) is 15.6 Å². The molecule has 0 bridgehead atoms. The van der Waals surface area contributed by atoms with Gasteiger partial charge in [-0.15, -0.1) is 0 Å². The normalized spacial score (nSPS) is 17.9. The monoisotopic (exact) mass is 568 g/mol. The van der Waals surface area contributed by atoms with Gasteiger partial charge in [-0.3, -0.25) is 14.4 Å². The molecule has 2 aliphatic heterocycles. The first kappa shape index (κ1) is 27.0. The van der Waals surface area contributed by atoms with Crippen LogP contribution >= 0.6 is 11.8 Å². The Balaban J connectivity index is 1.29. The minimum Gasteiger partial charge on any atom is -0.496 e. The van der Waals surface area contributed by atoms with Gasteiger partial charge in [0.1, 0.15) is 17.8 Å². The highest BCUT2D eigenvalue weighted by molar-refractivity contribution is 7.98. The zero-order valence-electron chi connectivity index (χ0n) is 23.0. The summed E-state index contributed by atoms with van der Waals surface area (Å²) in [5.41, 5.74) is 5.30. The summed E-state index contributed by atoms with van der Waals surface area (Å²) in [5, 5.41) is 7.03. The molecular formula is C32H32N4O4S. The summed E-state index contributed by atoms with van der Waals surface area (Å²) < 4.78 is 5.41. The van der Waals surface area contributed by atoms with Crippen molar-refractivity contribution in [2.75, 3.05) is 19.1 Å². The van der Waals surface area contributed by atoms with Gasteiger partial charge in [0.15, 0.2) is 0 Å². The van der Waals surface area contributed by atoms with Crippen LogP contribution in [0.4, 0.5) is 0 Å². The van der Waals surface area contributed by atoms with Gasteiger partial charge in [0.25, 0.3) is 5.91 Å². The number of H-pyrrole nitrogens is 1. The van der Waals surface area contributed by atoms with Crippen molar-refractivity contribution in [1.29, 1.82) is 0 Å². The number of carbonyl (C=O) groups excluding carboxylic acids is 3. The minimum atomic E-state index is -0.759. The summed E-state index contributed by atoms with van der Waals surface area (Å²) in [4.78, 5) is 46.4. The first-order chi connectivity index (χ1) is 20.0. The van der Waals surface area contributed by atoms with E-state index < -0.39 is 18.1 Å². The highest BCUT2D eigenvalue weighted by atomic mass is 32.2. The standard InChI is InChI=1S/C32H32N4O4S/c1-40-27-14-8-3-9-19(27)18-33-30(37)25(15-16-41-2)35-31(38)26-17-23-20-10-6-7-13-24(20)34-28(23)29-21-11-4-5-12-22(21)32(39)36(26)29/h3-14,25-26,29,34H,15-18H2,1-2H3,(H,33,37)(H,35,38)/t25-,26-,29-/m0/s1. The highest BCUT2D eigenvalue weighted by Gasteiger charge is 2.49. The number of fused-ring (bicyclic) bond motifs is 7. The molecule has 1 aromatic heterocycles. The lowest BCUT2D eigenvalue weighted by molar-refractivity contribution is -0.132. The third-order valence-corrected chi connectivity index (χ3v) is 8.69. The molecule has 0 saturated heterocycles. The Labute approximate surface area is 242 Å². The summed E-state index contributed by atoms with van der Waals surface area (Å²) in [7, 11) is 1.59. The fraction of sp³-hybridized carbons (Fsp3) is 0.281. The largest absolute Gasteiger partial charge is 0.496 e. The fourth-order valence-corrected chi connectivity index (χ4v) is 6.54. The van der Waals surface area contributed by atoms with Crippen LogP contribution in [0.3, 0.4) is 0 Å². The van der Waals surface area contributed by atoms with E-state index in [4.69, 9.17) is 4.74 Å². The third-order valence-electron chi connectivity index (χ3n) is 8.04. The number of nitrogens with one attached hydrogen (secondary N) is 3. The van der Waals surface area contributed by atoms with E-state index in [1.807, 2.05) is 79.1 Å². The molecule has 9 heteroatoms. The molecule has 0 unspecified atom stereocenters. The summed E-state index contributed by atoms with van der Waals surface area (Å²) >= 11 is 1.61. The number of nitrogens with zero attached hydrogens (tertiary/aromatic N) is 1. The summed E-state index contributed by atoms with van der Waals surface area (Å²) in [6.07, 6.45) is 2.79. The summed E-state index contributed by atoms with van der Waals surface area (Å²) in [6, 6.07) is 21.2. The van der Waals surface area contributed by atoms with E-state index in [0.717, 1.165) is 33.3 Å². The van der Waals surface area contributed by atoms with Gasteiger partial charge < -0.3 is 25.3 Å². The molecule has 3 amide bonds. The predicted octanol–water partition coefficient (Wildman–Crippen LogP) is 4.20. The molecule has 3 N–H and O–H groups in total. The Morgan fingerprint density at radius 1 is 1.07 bits per heavy atom. The molecule has 0 saturated carbocycles. The van der Waals surface area contributed by atoms with Gasteiger partial charge in [-0.2, -0.15) is 11.8 Å². The van der Waals surface area contributed by atoms with Gasteiger partial charge in [0.05, 0.1) is 13.2 Å². The molecule has 3 heterocycles. The fourth-order valence-electron chi connectivity index (χ4n) is 6.06. The lowest BCUT2D eigenvalue weighted by atomic mass is 9.89.